The number of alkyl halides is 1. The summed E-state index contributed by atoms with van der Waals surface area (Å²) in [5.74, 6) is 1.05. The largest absolute Gasteiger partial charge is 0.438 e. The standard InChI is InChI=1S/C10H15ClN2O2/c1-7(3-4-11)5-12-10(14)9-8(2)13-6-15-9/h6-7H,3-5H2,1-2H3,(H,12,14). The summed E-state index contributed by atoms with van der Waals surface area (Å²) in [5.41, 5.74) is 0.609. The van der Waals surface area contributed by atoms with Crippen molar-refractivity contribution in [1.82, 2.24) is 10.3 Å². The Morgan fingerprint density at radius 3 is 3.00 bits per heavy atom. The number of hydrogen-bond donors (Lipinski definition) is 1. The molecule has 84 valence electrons. The molecular formula is C10H15ClN2O2. The molecule has 1 aromatic rings. The maximum atomic E-state index is 11.6. The van der Waals surface area contributed by atoms with Gasteiger partial charge < -0.3 is 9.73 Å². The third kappa shape index (κ3) is 3.55. The zero-order valence-electron chi connectivity index (χ0n) is 8.92. The van der Waals surface area contributed by atoms with Crippen LogP contribution in [0.2, 0.25) is 0 Å². The minimum Gasteiger partial charge on any atom is -0.438 e. The molecule has 0 spiro atoms. The summed E-state index contributed by atoms with van der Waals surface area (Å²) >= 11 is 5.60. The smallest absolute Gasteiger partial charge is 0.289 e. The molecule has 0 aliphatic rings. The number of amides is 1. The Hall–Kier alpha value is -1.03. The van der Waals surface area contributed by atoms with E-state index >= 15 is 0 Å². The van der Waals surface area contributed by atoms with E-state index in [-0.39, 0.29) is 11.7 Å². The molecule has 1 aromatic heterocycles. The monoisotopic (exact) mass is 230 g/mol. The average Bonchev–Trinajstić information content (AvgIpc) is 2.61. The highest BCUT2D eigenvalue weighted by Gasteiger charge is 2.14. The molecule has 1 rings (SSSR count). The number of aryl methyl sites for hydroxylation is 1. The summed E-state index contributed by atoms with van der Waals surface area (Å²) in [4.78, 5) is 15.4. The fourth-order valence-electron chi connectivity index (χ4n) is 1.16. The van der Waals surface area contributed by atoms with E-state index in [2.05, 4.69) is 10.3 Å². The fourth-order valence-corrected chi connectivity index (χ4v) is 1.53. The molecule has 0 aliphatic carbocycles. The van der Waals surface area contributed by atoms with Crippen LogP contribution in [-0.2, 0) is 0 Å². The minimum absolute atomic E-state index is 0.216. The van der Waals surface area contributed by atoms with Crippen LogP contribution in [0.4, 0.5) is 0 Å². The number of carbonyl (C=O) groups is 1. The second-order valence-electron chi connectivity index (χ2n) is 3.56. The van der Waals surface area contributed by atoms with Crippen LogP contribution in [0.3, 0.4) is 0 Å². The summed E-state index contributed by atoms with van der Waals surface area (Å²) in [6, 6.07) is 0. The van der Waals surface area contributed by atoms with E-state index in [4.69, 9.17) is 16.0 Å². The van der Waals surface area contributed by atoms with E-state index in [1.807, 2.05) is 6.92 Å². The van der Waals surface area contributed by atoms with Crippen molar-refractivity contribution >= 4 is 17.5 Å². The maximum Gasteiger partial charge on any atom is 0.289 e. The van der Waals surface area contributed by atoms with Crippen LogP contribution in [0.1, 0.15) is 29.6 Å². The molecule has 1 heterocycles. The van der Waals surface area contributed by atoms with Crippen LogP contribution in [0.25, 0.3) is 0 Å². The summed E-state index contributed by atoms with van der Waals surface area (Å²) in [7, 11) is 0. The Morgan fingerprint density at radius 1 is 1.73 bits per heavy atom. The van der Waals surface area contributed by atoms with Crippen molar-refractivity contribution in [3.05, 3.63) is 17.8 Å². The van der Waals surface area contributed by atoms with E-state index in [0.29, 0.717) is 24.0 Å². The molecule has 0 bridgehead atoms. The van der Waals surface area contributed by atoms with Crippen molar-refractivity contribution < 1.29 is 9.21 Å². The number of nitrogens with zero attached hydrogens (tertiary/aromatic N) is 1. The van der Waals surface area contributed by atoms with Gasteiger partial charge in [-0.1, -0.05) is 6.92 Å². The lowest BCUT2D eigenvalue weighted by Gasteiger charge is -2.09. The highest BCUT2D eigenvalue weighted by atomic mass is 35.5. The molecule has 0 saturated carbocycles. The molecule has 5 heteroatoms. The van der Waals surface area contributed by atoms with Crippen molar-refractivity contribution in [2.75, 3.05) is 12.4 Å². The van der Waals surface area contributed by atoms with E-state index in [1.54, 1.807) is 6.92 Å². The maximum absolute atomic E-state index is 11.6. The topological polar surface area (TPSA) is 55.1 Å². The van der Waals surface area contributed by atoms with Gasteiger partial charge in [0.1, 0.15) is 0 Å². The quantitative estimate of drug-likeness (QED) is 0.787. The molecule has 0 fully saturated rings. The van der Waals surface area contributed by atoms with Crippen LogP contribution >= 0.6 is 11.6 Å². The molecule has 0 saturated heterocycles. The zero-order valence-corrected chi connectivity index (χ0v) is 9.67. The number of nitrogens with one attached hydrogen (secondary N) is 1. The number of aromatic nitrogens is 1. The van der Waals surface area contributed by atoms with Crippen LogP contribution in [0, 0.1) is 12.8 Å². The van der Waals surface area contributed by atoms with Gasteiger partial charge in [-0.15, -0.1) is 11.6 Å². The van der Waals surface area contributed by atoms with Crippen LogP contribution in [-0.4, -0.2) is 23.3 Å². The lowest BCUT2D eigenvalue weighted by Crippen LogP contribution is -2.28. The zero-order chi connectivity index (χ0) is 11.3. The highest BCUT2D eigenvalue weighted by molar-refractivity contribution is 6.17. The molecule has 0 radical (unpaired) electrons. The number of halogens is 1. The minimum atomic E-state index is -0.216. The lowest BCUT2D eigenvalue weighted by atomic mass is 10.1. The third-order valence-corrected chi connectivity index (χ3v) is 2.38. The van der Waals surface area contributed by atoms with Gasteiger partial charge in [-0.3, -0.25) is 4.79 Å². The molecular weight excluding hydrogens is 216 g/mol. The first-order chi connectivity index (χ1) is 7.15. The van der Waals surface area contributed by atoms with E-state index in [0.717, 1.165) is 6.42 Å². The van der Waals surface area contributed by atoms with Gasteiger partial charge >= 0.3 is 0 Å². The SMILES string of the molecule is Cc1ncoc1C(=O)NCC(C)CCCl. The van der Waals surface area contributed by atoms with Crippen LogP contribution in [0.15, 0.2) is 10.8 Å². The molecule has 4 nitrogen and oxygen atoms in total. The summed E-state index contributed by atoms with van der Waals surface area (Å²) in [5, 5.41) is 2.78. The number of rotatable bonds is 5. The normalized spacial score (nSPS) is 12.5. The Balaban J connectivity index is 2.40. The first-order valence-electron chi connectivity index (χ1n) is 4.89. The molecule has 0 aliphatic heterocycles. The van der Waals surface area contributed by atoms with Gasteiger partial charge in [-0.25, -0.2) is 4.98 Å². The Kier molecular flexibility index (Phi) is 4.62. The summed E-state index contributed by atoms with van der Waals surface area (Å²) in [6.45, 7) is 4.38. The van der Waals surface area contributed by atoms with Crippen molar-refractivity contribution in [3.8, 4) is 0 Å². The van der Waals surface area contributed by atoms with Crippen molar-refractivity contribution in [3.63, 3.8) is 0 Å². The van der Waals surface area contributed by atoms with Crippen molar-refractivity contribution in [2.24, 2.45) is 5.92 Å². The molecule has 1 atom stereocenters. The Morgan fingerprint density at radius 2 is 2.47 bits per heavy atom. The number of carbonyl (C=O) groups excluding carboxylic acids is 1. The van der Waals surface area contributed by atoms with Gasteiger partial charge in [0, 0.05) is 12.4 Å². The molecule has 15 heavy (non-hydrogen) atoms. The highest BCUT2D eigenvalue weighted by Crippen LogP contribution is 2.06. The van der Waals surface area contributed by atoms with Crippen LogP contribution < -0.4 is 5.32 Å². The average molecular weight is 231 g/mol. The van der Waals surface area contributed by atoms with Gasteiger partial charge in [0.2, 0.25) is 5.76 Å². The van der Waals surface area contributed by atoms with Crippen LogP contribution in [0.5, 0.6) is 0 Å². The van der Waals surface area contributed by atoms with Gasteiger partial charge in [0.25, 0.3) is 5.91 Å². The number of hydrogen-bond acceptors (Lipinski definition) is 3. The fraction of sp³-hybridized carbons (Fsp3) is 0.600. The van der Waals surface area contributed by atoms with Crippen molar-refractivity contribution in [2.45, 2.75) is 20.3 Å². The van der Waals surface area contributed by atoms with Gasteiger partial charge in [0.05, 0.1) is 5.69 Å². The second kappa shape index (κ2) is 5.75. The summed E-state index contributed by atoms with van der Waals surface area (Å²) in [6.07, 6.45) is 2.16. The molecule has 1 amide bonds. The third-order valence-electron chi connectivity index (χ3n) is 2.16. The van der Waals surface area contributed by atoms with Gasteiger partial charge in [-0.2, -0.15) is 0 Å². The second-order valence-corrected chi connectivity index (χ2v) is 3.94. The molecule has 0 aromatic carbocycles. The first kappa shape index (κ1) is 12.0. The van der Waals surface area contributed by atoms with Gasteiger partial charge in [-0.05, 0) is 19.3 Å². The number of oxazole rings is 1. The predicted octanol–water partition coefficient (Wildman–Crippen LogP) is 1.98. The van der Waals surface area contributed by atoms with Gasteiger partial charge in [0.15, 0.2) is 6.39 Å². The van der Waals surface area contributed by atoms with Crippen molar-refractivity contribution in [1.29, 1.82) is 0 Å². The Bertz CT molecular complexity index is 325. The van der Waals surface area contributed by atoms with E-state index < -0.39 is 0 Å². The lowest BCUT2D eigenvalue weighted by molar-refractivity contribution is 0.0919. The van der Waals surface area contributed by atoms with E-state index in [9.17, 15) is 4.79 Å². The first-order valence-corrected chi connectivity index (χ1v) is 5.42. The summed E-state index contributed by atoms with van der Waals surface area (Å²) < 4.78 is 4.97. The molecule has 1 N–H and O–H groups in total. The predicted molar refractivity (Wildman–Crippen MR) is 58.1 cm³/mol. The Labute approximate surface area is 94.0 Å². The molecule has 1 unspecified atom stereocenters. The van der Waals surface area contributed by atoms with E-state index in [1.165, 1.54) is 6.39 Å².